The lowest BCUT2D eigenvalue weighted by atomic mass is 9.85. The zero-order valence-electron chi connectivity index (χ0n) is 63.1. The van der Waals surface area contributed by atoms with E-state index in [1.165, 1.54) is 34.6 Å². The molecule has 6 amide bonds. The number of aliphatic carboxylic acids is 1. The normalized spacial score (nSPS) is 15.4. The Bertz CT molecular complexity index is 5000. The third kappa shape index (κ3) is 21.0. The van der Waals surface area contributed by atoms with Crippen molar-refractivity contribution in [2.45, 2.75) is 163 Å². The highest BCUT2D eigenvalue weighted by atomic mass is 35.5. The second-order valence-electron chi connectivity index (χ2n) is 28.3. The fraction of sp³-hybridized carbons (Fsp3) is 0.421. The first-order valence-electron chi connectivity index (χ1n) is 36.6. The van der Waals surface area contributed by atoms with Gasteiger partial charge in [0.25, 0.3) is 11.5 Å². The second kappa shape index (κ2) is 37.2. The number of carbonyl (C=O) groups is 8. The van der Waals surface area contributed by atoms with Crippen LogP contribution in [0.15, 0.2) is 100 Å². The van der Waals surface area contributed by atoms with Gasteiger partial charge in [-0.3, -0.25) is 57.6 Å². The average molecular weight is 1590 g/mol. The number of benzene rings is 3. The number of nitrogens with zero attached hydrogens (tertiary/aromatic N) is 12. The Balaban J connectivity index is 0.610. The summed E-state index contributed by atoms with van der Waals surface area (Å²) >= 11 is 9.44. The topological polar surface area (TPSA) is 444 Å². The summed E-state index contributed by atoms with van der Waals surface area (Å²) in [6.07, 6.45) is 3.03. The van der Waals surface area contributed by atoms with E-state index in [1.807, 2.05) is 73.9 Å². The highest BCUT2D eigenvalue weighted by molar-refractivity contribution is 7.15. The van der Waals surface area contributed by atoms with Gasteiger partial charge in [0, 0.05) is 77.8 Å². The predicted molar refractivity (Wildman–Crippen MR) is 417 cm³/mol. The molecule has 9 aromatic rings. The number of amides is 6. The van der Waals surface area contributed by atoms with Crippen LogP contribution in [0.5, 0.6) is 0 Å². The number of esters is 1. The number of rotatable bonds is 35. The molecule has 0 saturated carbocycles. The lowest BCUT2D eigenvalue weighted by Gasteiger charge is -2.35. The first-order valence-corrected chi connectivity index (χ1v) is 38.6. The number of anilines is 2. The predicted octanol–water partition coefficient (Wildman–Crippen LogP) is 7.04. The highest BCUT2D eigenvalue weighted by Gasteiger charge is 2.46. The van der Waals surface area contributed by atoms with Crippen LogP contribution in [0.3, 0.4) is 0 Å². The number of likely N-dealkylation sites (tertiary alicyclic amines) is 1. The number of thiazole rings is 1. The summed E-state index contributed by atoms with van der Waals surface area (Å²) in [4.78, 5) is 148. The van der Waals surface area contributed by atoms with Crippen LogP contribution in [0.2, 0.25) is 5.02 Å². The lowest BCUT2D eigenvalue weighted by Crippen LogP contribution is -2.58. The molecule has 6 aromatic heterocycles. The van der Waals surface area contributed by atoms with Gasteiger partial charge in [-0.1, -0.05) is 74.0 Å². The molecule has 2 aliphatic heterocycles. The Morgan fingerprint density at radius 2 is 1.55 bits per heavy atom. The van der Waals surface area contributed by atoms with Crippen LogP contribution in [-0.2, 0) is 67.4 Å². The number of nitrogen functional groups attached to an aromatic ring is 1. The minimum Gasteiger partial charge on any atom is -0.480 e. The first-order chi connectivity index (χ1) is 53.6. The van der Waals surface area contributed by atoms with Crippen molar-refractivity contribution >= 4 is 110 Å². The molecule has 1 saturated heterocycles. The van der Waals surface area contributed by atoms with Crippen molar-refractivity contribution in [3.8, 4) is 15.4 Å². The van der Waals surface area contributed by atoms with Gasteiger partial charge in [-0.25, -0.2) is 19.7 Å². The summed E-state index contributed by atoms with van der Waals surface area (Å²) in [6, 6.07) is 16.7. The number of carbonyl (C=O) groups excluding carboxylic acids is 7. The number of aliphatic imine (C=N–C) groups is 1. The number of hydrogen-bond acceptors (Lipinski definition) is 25. The number of thiophene rings is 1. The van der Waals surface area contributed by atoms with E-state index in [0.29, 0.717) is 59.6 Å². The van der Waals surface area contributed by atoms with Crippen molar-refractivity contribution in [3.63, 3.8) is 0 Å². The number of aromatic nitrogens is 11. The second-order valence-corrected chi connectivity index (χ2v) is 30.8. The molecule has 0 spiro atoms. The van der Waals surface area contributed by atoms with Gasteiger partial charge in [0.05, 0.1) is 78.6 Å². The molecule has 36 heteroatoms. The van der Waals surface area contributed by atoms with E-state index in [1.54, 1.807) is 60.6 Å². The molecule has 0 radical (unpaired) electrons. The van der Waals surface area contributed by atoms with Crippen molar-refractivity contribution in [2.24, 2.45) is 10.4 Å². The maximum Gasteiger partial charge on any atom is 0.326 e. The van der Waals surface area contributed by atoms with Crippen LogP contribution in [0.4, 0.5) is 11.6 Å². The van der Waals surface area contributed by atoms with Gasteiger partial charge in [0.1, 0.15) is 53.4 Å². The van der Waals surface area contributed by atoms with Gasteiger partial charge in [-0.05, 0) is 119 Å². The third-order valence-corrected chi connectivity index (χ3v) is 21.3. The van der Waals surface area contributed by atoms with Crippen molar-refractivity contribution in [1.82, 2.24) is 86.2 Å². The molecular weight excluding hydrogens is 1500 g/mol. The zero-order valence-corrected chi connectivity index (χ0v) is 65.5. The zero-order chi connectivity index (χ0) is 79.9. The van der Waals surface area contributed by atoms with Crippen LogP contribution in [0.1, 0.15) is 157 Å². The molecule has 0 unspecified atom stereocenters. The van der Waals surface area contributed by atoms with Crippen LogP contribution in [0.25, 0.3) is 26.6 Å². The number of aryl methyl sites for hydroxylation is 4. The summed E-state index contributed by atoms with van der Waals surface area (Å²) in [5.74, 6) is -3.68. The maximum absolute atomic E-state index is 14.9. The first kappa shape index (κ1) is 81.7. The molecule has 3 aromatic carbocycles. The van der Waals surface area contributed by atoms with Gasteiger partial charge in [-0.15, -0.1) is 38.0 Å². The van der Waals surface area contributed by atoms with Crippen LogP contribution >= 0.6 is 34.3 Å². The quantitative estimate of drug-likeness (QED) is 0.0142. The largest absolute Gasteiger partial charge is 0.480 e. The summed E-state index contributed by atoms with van der Waals surface area (Å²) in [6.45, 7) is 16.0. The molecule has 590 valence electrons. The number of halogens is 1. The van der Waals surface area contributed by atoms with Crippen molar-refractivity contribution in [1.29, 1.82) is 0 Å². The average Bonchev–Trinajstić information content (AvgIpc) is 1.59. The van der Waals surface area contributed by atoms with Crippen LogP contribution in [-0.4, -0.2) is 182 Å². The van der Waals surface area contributed by atoms with Crippen LogP contribution < -0.4 is 43.2 Å². The van der Waals surface area contributed by atoms with Crippen molar-refractivity contribution in [3.05, 3.63) is 168 Å². The minimum atomic E-state index is -1.38. The van der Waals surface area contributed by atoms with E-state index in [9.17, 15) is 48.3 Å². The molecule has 33 nitrogen and oxygen atoms in total. The fourth-order valence-corrected chi connectivity index (χ4v) is 15.0. The number of fused-ring (bicyclic) bond motifs is 4. The molecule has 8 heterocycles. The SMILES string of the molecule is Cc1ncsc1-c1ccc([C@H](C)NC(=O)[C@@H]2C[C@@H](OC(=O)CCCCn3cc(CNC(=O)CC[C@H](NC(=O)c4ccc(NCc5cnc6nc(N)[nH]c(=O)c6n5)cc4)C(=O)O)nn3)CN2C(=O)[C@@H](NC(=O)COCCCOCCNC(=O)C[C@@H]2N=C(c3ccc(Cl)cc3)c3c(sc(C)c3C)-n3c(C)nnc32)C(C)(C)C)cc1. The highest BCUT2D eigenvalue weighted by Crippen LogP contribution is 2.40. The van der Waals surface area contributed by atoms with Crippen molar-refractivity contribution < 1.29 is 57.7 Å². The number of nitrogens with one attached hydrogen (secondary N) is 7. The van der Waals surface area contributed by atoms with E-state index in [-0.39, 0.29) is 113 Å². The van der Waals surface area contributed by atoms with E-state index in [4.69, 9.17) is 36.5 Å². The maximum atomic E-state index is 14.9. The fourth-order valence-electron chi connectivity index (χ4n) is 12.8. The molecule has 11 rings (SSSR count). The molecule has 112 heavy (non-hydrogen) atoms. The molecular formula is C76H89ClN20O13S2. The third-order valence-electron chi connectivity index (χ3n) is 18.9. The Morgan fingerprint density at radius 1 is 0.804 bits per heavy atom. The Kier molecular flexibility index (Phi) is 27.1. The lowest BCUT2D eigenvalue weighted by molar-refractivity contribution is -0.150. The number of H-pyrrole nitrogens is 1. The number of carboxylic acids is 1. The van der Waals surface area contributed by atoms with E-state index in [2.05, 4.69) is 91.2 Å². The summed E-state index contributed by atoms with van der Waals surface area (Å²) in [5.41, 5.74) is 14.1. The van der Waals surface area contributed by atoms with E-state index < -0.39 is 88.8 Å². The standard InChI is InChI=1S/C76H89ClN20O13S2/c1-41-44(4)112-73-62(41)63(47-17-21-50(77)22-18-47)86-56(68-93-91-45(5)97(68)73)33-59(99)79-27-31-108-29-11-30-109-39-60(100)88-66(76(6,7)8)72(105)96-38-54(32-57(96)70(103)84-42(2)46-13-15-48(16-14-46)65-43(3)83-40-111-65)110-61(101)12-9-10-28-95-37-53(92-94-95)36-81-58(98)26-25-55(74(106)107)87-69(102)49-19-23-51(24-20-49)80-34-52-35-82-67-64(85-52)71(104)90-75(78)89-67/h13-24,35,37,40,42,54-57,66,80H,9-12,25-34,36,38-39H2,1-8H3,(H,79,99)(H,81,98)(H,84,103)(H,87,102)(H,88,100)(H,106,107)(H3,78,82,89,90,104)/t42-,54+,55-,56-,57-,66+/m0/s1. The molecule has 0 bridgehead atoms. The Morgan fingerprint density at radius 3 is 2.29 bits per heavy atom. The minimum absolute atomic E-state index is 0.000793. The summed E-state index contributed by atoms with van der Waals surface area (Å²) < 4.78 is 21.1. The number of ether oxygens (including phenoxy) is 3. The van der Waals surface area contributed by atoms with E-state index in [0.717, 1.165) is 54.0 Å². The van der Waals surface area contributed by atoms with E-state index >= 15 is 0 Å². The summed E-state index contributed by atoms with van der Waals surface area (Å²) in [7, 11) is 0. The Labute approximate surface area is 657 Å². The van der Waals surface area contributed by atoms with Gasteiger partial charge >= 0.3 is 11.9 Å². The van der Waals surface area contributed by atoms with Gasteiger partial charge in [0.2, 0.25) is 35.5 Å². The van der Waals surface area contributed by atoms with Gasteiger partial charge in [-0.2, -0.15) is 4.98 Å². The number of unbranched alkanes of at least 4 members (excludes halogenated alkanes) is 1. The molecule has 0 aliphatic carbocycles. The number of aromatic amines is 1. The summed E-state index contributed by atoms with van der Waals surface area (Å²) in [5, 5.41) is 45.7. The monoisotopic (exact) mass is 1590 g/mol. The van der Waals surface area contributed by atoms with Gasteiger partial charge in [0.15, 0.2) is 17.0 Å². The van der Waals surface area contributed by atoms with Crippen molar-refractivity contribution in [2.75, 3.05) is 50.6 Å². The molecule has 10 N–H and O–H groups in total. The molecule has 6 atom stereocenters. The number of hydrogen-bond donors (Lipinski definition) is 9. The molecule has 2 aliphatic rings. The Hall–Kier alpha value is -11.3. The number of nitrogens with two attached hydrogens (primary N) is 1. The smallest absolute Gasteiger partial charge is 0.326 e. The number of carboxylic acid groups (broad SMARTS) is 1. The van der Waals surface area contributed by atoms with Gasteiger partial charge < -0.3 is 61.9 Å². The molecule has 1 fully saturated rings. The van der Waals surface area contributed by atoms with Crippen LogP contribution in [0, 0.1) is 33.1 Å².